The maximum Gasteiger partial charge on any atom is 0.228 e. The van der Waals surface area contributed by atoms with Gasteiger partial charge in [0.15, 0.2) is 0 Å². The summed E-state index contributed by atoms with van der Waals surface area (Å²) < 4.78 is 11.5. The van der Waals surface area contributed by atoms with Gasteiger partial charge in [0.1, 0.15) is 5.75 Å². The minimum atomic E-state index is -0.0548. The Bertz CT molecular complexity index is 738. The van der Waals surface area contributed by atoms with Gasteiger partial charge in [-0.25, -0.2) is 0 Å². The first-order chi connectivity index (χ1) is 12.6. The third-order valence-electron chi connectivity index (χ3n) is 4.22. The molecule has 138 valence electrons. The highest BCUT2D eigenvalue weighted by Crippen LogP contribution is 2.29. The topological polar surface area (TPSA) is 47.6 Å². The lowest BCUT2D eigenvalue weighted by molar-refractivity contribution is -0.115. The molecule has 4 nitrogen and oxygen atoms in total. The van der Waals surface area contributed by atoms with Crippen molar-refractivity contribution >= 4 is 11.6 Å². The molecule has 1 fully saturated rings. The van der Waals surface area contributed by atoms with Crippen molar-refractivity contribution in [2.75, 3.05) is 11.9 Å². The van der Waals surface area contributed by atoms with Crippen LogP contribution >= 0.6 is 0 Å². The number of nitrogens with one attached hydrogen (secondary N) is 1. The second kappa shape index (κ2) is 8.86. The van der Waals surface area contributed by atoms with E-state index in [0.29, 0.717) is 6.61 Å². The molecule has 0 unspecified atom stereocenters. The Hall–Kier alpha value is -2.33. The van der Waals surface area contributed by atoms with E-state index in [0.717, 1.165) is 35.1 Å². The van der Waals surface area contributed by atoms with Gasteiger partial charge in [0.25, 0.3) is 0 Å². The van der Waals surface area contributed by atoms with Crippen LogP contribution in [0, 0.1) is 5.92 Å². The van der Waals surface area contributed by atoms with Gasteiger partial charge >= 0.3 is 0 Å². The maximum atomic E-state index is 12.4. The summed E-state index contributed by atoms with van der Waals surface area (Å²) in [6, 6.07) is 15.5. The average Bonchev–Trinajstić information content (AvgIpc) is 3.41. The highest BCUT2D eigenvalue weighted by molar-refractivity contribution is 5.92. The van der Waals surface area contributed by atoms with Gasteiger partial charge < -0.3 is 14.8 Å². The number of anilines is 1. The normalized spacial score (nSPS) is 13.7. The second-order valence-corrected chi connectivity index (χ2v) is 7.16. The Labute approximate surface area is 155 Å². The molecule has 0 atom stereocenters. The zero-order valence-electron chi connectivity index (χ0n) is 15.5. The van der Waals surface area contributed by atoms with Gasteiger partial charge in [0.05, 0.1) is 19.1 Å². The van der Waals surface area contributed by atoms with Crippen LogP contribution in [0.4, 0.5) is 5.69 Å². The predicted octanol–water partition coefficient (Wildman–Crippen LogP) is 4.58. The van der Waals surface area contributed by atoms with Crippen LogP contribution in [0.1, 0.15) is 37.8 Å². The molecule has 1 aliphatic carbocycles. The molecule has 0 aromatic heterocycles. The zero-order valence-corrected chi connectivity index (χ0v) is 15.5. The Morgan fingerprint density at radius 3 is 2.73 bits per heavy atom. The van der Waals surface area contributed by atoms with Crippen molar-refractivity contribution in [1.82, 2.24) is 0 Å². The summed E-state index contributed by atoms with van der Waals surface area (Å²) in [5, 5.41) is 2.97. The van der Waals surface area contributed by atoms with Crippen LogP contribution in [-0.2, 0) is 22.6 Å². The van der Waals surface area contributed by atoms with Crippen molar-refractivity contribution in [3.05, 3.63) is 59.7 Å². The summed E-state index contributed by atoms with van der Waals surface area (Å²) in [4.78, 5) is 12.4. The summed E-state index contributed by atoms with van der Waals surface area (Å²) in [7, 11) is 0. The van der Waals surface area contributed by atoms with Crippen molar-refractivity contribution in [3.63, 3.8) is 0 Å². The molecule has 4 heteroatoms. The van der Waals surface area contributed by atoms with E-state index in [4.69, 9.17) is 9.47 Å². The molecule has 26 heavy (non-hydrogen) atoms. The quantitative estimate of drug-likeness (QED) is 0.718. The number of para-hydroxylation sites is 1. The van der Waals surface area contributed by atoms with E-state index in [1.54, 1.807) is 0 Å². The van der Waals surface area contributed by atoms with Gasteiger partial charge in [-0.1, -0.05) is 30.3 Å². The molecule has 0 bridgehead atoms. The van der Waals surface area contributed by atoms with E-state index >= 15 is 0 Å². The maximum absolute atomic E-state index is 12.4. The zero-order chi connectivity index (χ0) is 18.4. The third-order valence-corrected chi connectivity index (χ3v) is 4.22. The standard InChI is InChI=1S/C22H27NO3/c1-16(2)26-21-9-4-3-7-19(21)13-22(24)23-20-8-5-6-18(12-20)15-25-14-17-10-11-17/h3-9,12,16-17H,10-11,13-15H2,1-2H3,(H,23,24). The fraction of sp³-hybridized carbons (Fsp3) is 0.409. The van der Waals surface area contributed by atoms with E-state index in [9.17, 15) is 4.79 Å². The van der Waals surface area contributed by atoms with Gasteiger partial charge in [-0.05, 0) is 56.4 Å². The number of carbonyl (C=O) groups excluding carboxylic acids is 1. The van der Waals surface area contributed by atoms with Crippen LogP contribution in [0.5, 0.6) is 5.75 Å². The fourth-order valence-corrected chi connectivity index (χ4v) is 2.76. The number of hydrogen-bond donors (Lipinski definition) is 1. The Morgan fingerprint density at radius 2 is 1.96 bits per heavy atom. The van der Waals surface area contributed by atoms with Crippen LogP contribution in [0.3, 0.4) is 0 Å². The average molecular weight is 353 g/mol. The lowest BCUT2D eigenvalue weighted by Crippen LogP contribution is -2.16. The molecule has 1 aliphatic rings. The molecule has 1 amide bonds. The first-order valence-electron chi connectivity index (χ1n) is 9.31. The minimum Gasteiger partial charge on any atom is -0.491 e. The number of ether oxygens (including phenoxy) is 2. The molecule has 1 N–H and O–H groups in total. The van der Waals surface area contributed by atoms with Crippen molar-refractivity contribution in [3.8, 4) is 5.75 Å². The van der Waals surface area contributed by atoms with E-state index in [1.165, 1.54) is 12.8 Å². The minimum absolute atomic E-state index is 0.0548. The molecular formula is C22H27NO3. The summed E-state index contributed by atoms with van der Waals surface area (Å²) in [6.45, 7) is 5.38. The Kier molecular flexibility index (Phi) is 6.29. The van der Waals surface area contributed by atoms with Crippen molar-refractivity contribution in [2.45, 2.75) is 45.8 Å². The van der Waals surface area contributed by atoms with Gasteiger partial charge in [-0.2, -0.15) is 0 Å². The predicted molar refractivity (Wildman–Crippen MR) is 103 cm³/mol. The van der Waals surface area contributed by atoms with E-state index in [-0.39, 0.29) is 18.4 Å². The van der Waals surface area contributed by atoms with Crippen LogP contribution < -0.4 is 10.1 Å². The molecule has 0 aliphatic heterocycles. The highest BCUT2D eigenvalue weighted by Gasteiger charge is 2.21. The number of benzene rings is 2. The fourth-order valence-electron chi connectivity index (χ4n) is 2.76. The molecule has 3 rings (SSSR count). The van der Waals surface area contributed by atoms with Crippen molar-refractivity contribution in [2.24, 2.45) is 5.92 Å². The van der Waals surface area contributed by atoms with E-state index in [2.05, 4.69) is 5.32 Å². The Balaban J connectivity index is 1.56. The molecular weight excluding hydrogens is 326 g/mol. The van der Waals surface area contributed by atoms with Gasteiger partial charge in [-0.3, -0.25) is 4.79 Å². The van der Waals surface area contributed by atoms with Gasteiger partial charge in [0.2, 0.25) is 5.91 Å². The van der Waals surface area contributed by atoms with Crippen LogP contribution in [0.25, 0.3) is 0 Å². The SMILES string of the molecule is CC(C)Oc1ccccc1CC(=O)Nc1cccc(COCC2CC2)c1. The lowest BCUT2D eigenvalue weighted by atomic mass is 10.1. The molecule has 2 aromatic carbocycles. The van der Waals surface area contributed by atoms with Crippen molar-refractivity contribution < 1.29 is 14.3 Å². The molecule has 2 aromatic rings. The summed E-state index contributed by atoms with van der Waals surface area (Å²) in [5.74, 6) is 1.46. The van der Waals surface area contributed by atoms with Crippen LogP contribution in [0.15, 0.2) is 48.5 Å². The summed E-state index contributed by atoms with van der Waals surface area (Å²) in [5.41, 5.74) is 2.76. The number of rotatable bonds is 9. The summed E-state index contributed by atoms with van der Waals surface area (Å²) in [6.07, 6.45) is 2.94. The smallest absolute Gasteiger partial charge is 0.228 e. The highest BCUT2D eigenvalue weighted by atomic mass is 16.5. The number of amides is 1. The van der Waals surface area contributed by atoms with Gasteiger partial charge in [0, 0.05) is 17.9 Å². The molecule has 0 heterocycles. The number of hydrogen-bond acceptors (Lipinski definition) is 3. The monoisotopic (exact) mass is 353 g/mol. The van der Waals surface area contributed by atoms with Gasteiger partial charge in [-0.15, -0.1) is 0 Å². The number of carbonyl (C=O) groups is 1. The third kappa shape index (κ3) is 5.88. The van der Waals surface area contributed by atoms with Crippen molar-refractivity contribution in [1.29, 1.82) is 0 Å². The molecule has 0 spiro atoms. The van der Waals surface area contributed by atoms with Crippen LogP contribution in [0.2, 0.25) is 0 Å². The van der Waals surface area contributed by atoms with E-state index in [1.807, 2.05) is 62.4 Å². The first kappa shape index (κ1) is 18.5. The second-order valence-electron chi connectivity index (χ2n) is 7.16. The molecule has 1 saturated carbocycles. The van der Waals surface area contributed by atoms with Crippen LogP contribution in [-0.4, -0.2) is 18.6 Å². The lowest BCUT2D eigenvalue weighted by Gasteiger charge is -2.14. The summed E-state index contributed by atoms with van der Waals surface area (Å²) >= 11 is 0. The first-order valence-corrected chi connectivity index (χ1v) is 9.31. The van der Waals surface area contributed by atoms with E-state index < -0.39 is 0 Å². The Morgan fingerprint density at radius 1 is 1.15 bits per heavy atom. The largest absolute Gasteiger partial charge is 0.491 e. The molecule has 0 radical (unpaired) electrons. The molecule has 0 saturated heterocycles.